The van der Waals surface area contributed by atoms with Gasteiger partial charge in [-0.3, -0.25) is 9.69 Å². The molecule has 1 amide bonds. The van der Waals surface area contributed by atoms with Crippen LogP contribution in [0, 0.1) is 5.92 Å². The predicted octanol–water partition coefficient (Wildman–Crippen LogP) is 5.11. The summed E-state index contributed by atoms with van der Waals surface area (Å²) in [5.41, 5.74) is -0.0152. The van der Waals surface area contributed by atoms with Gasteiger partial charge in [0.2, 0.25) is 0 Å². The lowest BCUT2D eigenvalue weighted by molar-refractivity contribution is -0.139. The maximum absolute atomic E-state index is 12.8. The highest BCUT2D eigenvalue weighted by Crippen LogP contribution is 2.23. The van der Waals surface area contributed by atoms with Crippen molar-refractivity contribution in [2.45, 2.75) is 71.8 Å². The molecule has 1 aromatic carbocycles. The Labute approximate surface area is 177 Å². The first-order valence-corrected chi connectivity index (χ1v) is 11.4. The average Bonchev–Trinajstić information content (AvgIpc) is 2.70. The number of carbonyl (C=O) groups is 1. The summed E-state index contributed by atoms with van der Waals surface area (Å²) in [7, 11) is 0. The van der Waals surface area contributed by atoms with Crippen LogP contribution in [0.4, 0.5) is 5.69 Å². The van der Waals surface area contributed by atoms with Gasteiger partial charge in [0.05, 0.1) is 0 Å². The van der Waals surface area contributed by atoms with E-state index in [-0.39, 0.29) is 5.91 Å². The molecule has 1 fully saturated rings. The molecule has 0 spiro atoms. The zero-order chi connectivity index (χ0) is 21.1. The van der Waals surface area contributed by atoms with Gasteiger partial charge in [-0.05, 0) is 69.8 Å². The van der Waals surface area contributed by atoms with Gasteiger partial charge in [0.1, 0.15) is 18.0 Å². The SMILES string of the molecule is CCCCC[C@@](C)(OCC)C(=O)Nc1ccc(OCCN2CCC[C@H](C)C2)cc1. The molecule has 2 rings (SSSR count). The zero-order valence-corrected chi connectivity index (χ0v) is 18.8. The molecule has 5 nitrogen and oxygen atoms in total. The molecule has 2 atom stereocenters. The molecular weight excluding hydrogens is 364 g/mol. The molecule has 0 aromatic heterocycles. The molecule has 29 heavy (non-hydrogen) atoms. The van der Waals surface area contributed by atoms with Gasteiger partial charge in [0.15, 0.2) is 0 Å². The van der Waals surface area contributed by atoms with E-state index in [0.29, 0.717) is 13.2 Å². The van der Waals surface area contributed by atoms with Crippen molar-refractivity contribution in [3.8, 4) is 5.75 Å². The van der Waals surface area contributed by atoms with Crippen molar-refractivity contribution in [2.75, 3.05) is 38.2 Å². The Balaban J connectivity index is 1.81. The second-order valence-electron chi connectivity index (χ2n) is 8.50. The molecule has 1 aromatic rings. The number of hydrogen-bond donors (Lipinski definition) is 1. The van der Waals surface area contributed by atoms with Gasteiger partial charge in [0.25, 0.3) is 5.91 Å². The van der Waals surface area contributed by atoms with E-state index in [0.717, 1.165) is 49.6 Å². The van der Waals surface area contributed by atoms with Crippen LogP contribution in [0.15, 0.2) is 24.3 Å². The minimum Gasteiger partial charge on any atom is -0.492 e. The molecule has 5 heteroatoms. The fraction of sp³-hybridized carbons (Fsp3) is 0.708. The van der Waals surface area contributed by atoms with Crippen LogP contribution in [0.5, 0.6) is 5.75 Å². The fourth-order valence-electron chi connectivity index (χ4n) is 3.96. The third kappa shape index (κ3) is 7.98. The van der Waals surface area contributed by atoms with E-state index in [1.54, 1.807) is 0 Å². The number of nitrogens with zero attached hydrogens (tertiary/aromatic N) is 1. The van der Waals surface area contributed by atoms with E-state index in [4.69, 9.17) is 9.47 Å². The van der Waals surface area contributed by atoms with Crippen molar-refractivity contribution in [2.24, 2.45) is 5.92 Å². The standard InChI is InChI=1S/C24H40N2O3/c1-5-7-8-15-24(4,29-6-2)23(27)25-21-11-13-22(14-12-21)28-18-17-26-16-9-10-20(3)19-26/h11-14,20H,5-10,15-19H2,1-4H3,(H,25,27)/t20-,24+/m0/s1. The van der Waals surface area contributed by atoms with E-state index in [1.165, 1.54) is 25.9 Å². The quantitative estimate of drug-likeness (QED) is 0.492. The van der Waals surface area contributed by atoms with Gasteiger partial charge in [-0.25, -0.2) is 0 Å². The lowest BCUT2D eigenvalue weighted by atomic mass is 9.96. The highest BCUT2D eigenvalue weighted by atomic mass is 16.5. The van der Waals surface area contributed by atoms with Gasteiger partial charge in [0, 0.05) is 25.4 Å². The maximum Gasteiger partial charge on any atom is 0.256 e. The molecule has 0 radical (unpaired) electrons. The molecule has 1 aliphatic rings. The van der Waals surface area contributed by atoms with Crippen molar-refractivity contribution in [1.29, 1.82) is 0 Å². The first-order chi connectivity index (χ1) is 14.0. The second kappa shape index (κ2) is 12.2. The van der Waals surface area contributed by atoms with Crippen LogP contribution in [0.25, 0.3) is 0 Å². The largest absolute Gasteiger partial charge is 0.492 e. The van der Waals surface area contributed by atoms with Crippen molar-refractivity contribution in [1.82, 2.24) is 4.90 Å². The third-order valence-electron chi connectivity index (χ3n) is 5.73. The molecular formula is C24H40N2O3. The van der Waals surface area contributed by atoms with Crippen LogP contribution >= 0.6 is 0 Å². The minimum atomic E-state index is -0.787. The van der Waals surface area contributed by atoms with E-state index in [2.05, 4.69) is 24.1 Å². The lowest BCUT2D eigenvalue weighted by Gasteiger charge is -2.30. The van der Waals surface area contributed by atoms with E-state index in [1.807, 2.05) is 38.1 Å². The summed E-state index contributed by atoms with van der Waals surface area (Å²) in [6.45, 7) is 12.8. The number of likely N-dealkylation sites (tertiary alicyclic amines) is 1. The summed E-state index contributed by atoms with van der Waals surface area (Å²) < 4.78 is 11.7. The average molecular weight is 405 g/mol. The number of piperidine rings is 1. The summed E-state index contributed by atoms with van der Waals surface area (Å²) in [5.74, 6) is 1.54. The normalized spacial score (nSPS) is 19.5. The molecule has 0 aliphatic carbocycles. The third-order valence-corrected chi connectivity index (χ3v) is 5.73. The van der Waals surface area contributed by atoms with E-state index >= 15 is 0 Å². The minimum absolute atomic E-state index is 0.0802. The molecule has 1 heterocycles. The summed E-state index contributed by atoms with van der Waals surface area (Å²) in [6.07, 6.45) is 6.58. The molecule has 1 N–H and O–H groups in total. The Bertz CT molecular complexity index is 605. The van der Waals surface area contributed by atoms with Crippen LogP contribution in [-0.2, 0) is 9.53 Å². The number of benzene rings is 1. The highest BCUT2D eigenvalue weighted by molar-refractivity contribution is 5.97. The first kappa shape index (κ1) is 23.7. The smallest absolute Gasteiger partial charge is 0.256 e. The van der Waals surface area contributed by atoms with Gasteiger partial charge in [-0.1, -0.05) is 33.1 Å². The number of ether oxygens (including phenoxy) is 2. The Morgan fingerprint density at radius 2 is 2.00 bits per heavy atom. The first-order valence-electron chi connectivity index (χ1n) is 11.4. The second-order valence-corrected chi connectivity index (χ2v) is 8.50. The summed E-state index contributed by atoms with van der Waals surface area (Å²) >= 11 is 0. The summed E-state index contributed by atoms with van der Waals surface area (Å²) in [6, 6.07) is 7.64. The fourth-order valence-corrected chi connectivity index (χ4v) is 3.96. The Kier molecular flexibility index (Phi) is 9.95. The number of hydrogen-bond acceptors (Lipinski definition) is 4. The predicted molar refractivity (Wildman–Crippen MR) is 120 cm³/mol. The van der Waals surface area contributed by atoms with Crippen LogP contribution in [0.1, 0.15) is 66.2 Å². The number of amides is 1. The molecule has 1 aliphatic heterocycles. The monoisotopic (exact) mass is 404 g/mol. The number of nitrogens with one attached hydrogen (secondary N) is 1. The Morgan fingerprint density at radius 3 is 2.66 bits per heavy atom. The molecule has 0 unspecified atom stereocenters. The van der Waals surface area contributed by atoms with Crippen LogP contribution < -0.4 is 10.1 Å². The van der Waals surface area contributed by atoms with Crippen molar-refractivity contribution in [3.63, 3.8) is 0 Å². The maximum atomic E-state index is 12.8. The summed E-state index contributed by atoms with van der Waals surface area (Å²) in [5, 5.41) is 3.01. The number of carbonyl (C=O) groups excluding carboxylic acids is 1. The van der Waals surface area contributed by atoms with Gasteiger partial charge in [-0.2, -0.15) is 0 Å². The van der Waals surface area contributed by atoms with Crippen molar-refractivity contribution >= 4 is 11.6 Å². The number of rotatable bonds is 12. The van der Waals surface area contributed by atoms with Crippen LogP contribution in [0.2, 0.25) is 0 Å². The number of unbranched alkanes of at least 4 members (excludes halogenated alkanes) is 2. The van der Waals surface area contributed by atoms with Gasteiger partial charge in [-0.15, -0.1) is 0 Å². The van der Waals surface area contributed by atoms with Gasteiger partial charge < -0.3 is 14.8 Å². The van der Waals surface area contributed by atoms with Gasteiger partial charge >= 0.3 is 0 Å². The zero-order valence-electron chi connectivity index (χ0n) is 18.8. The van der Waals surface area contributed by atoms with Crippen molar-refractivity contribution in [3.05, 3.63) is 24.3 Å². The van der Waals surface area contributed by atoms with Crippen LogP contribution in [0.3, 0.4) is 0 Å². The Morgan fingerprint density at radius 1 is 1.24 bits per heavy atom. The molecule has 1 saturated heterocycles. The van der Waals surface area contributed by atoms with Crippen LogP contribution in [-0.4, -0.2) is 49.3 Å². The number of anilines is 1. The Hall–Kier alpha value is -1.59. The molecule has 0 bridgehead atoms. The highest BCUT2D eigenvalue weighted by Gasteiger charge is 2.33. The molecule has 164 valence electrons. The summed E-state index contributed by atoms with van der Waals surface area (Å²) in [4.78, 5) is 15.3. The van der Waals surface area contributed by atoms with E-state index < -0.39 is 5.60 Å². The topological polar surface area (TPSA) is 50.8 Å². The molecule has 0 saturated carbocycles. The van der Waals surface area contributed by atoms with E-state index in [9.17, 15) is 4.79 Å². The van der Waals surface area contributed by atoms with Crippen molar-refractivity contribution < 1.29 is 14.3 Å². The lowest BCUT2D eigenvalue weighted by Crippen LogP contribution is -2.42.